The van der Waals surface area contributed by atoms with Gasteiger partial charge in [0.25, 0.3) is 5.91 Å². The average molecular weight is 243 g/mol. The quantitative estimate of drug-likeness (QED) is 0.870. The summed E-state index contributed by atoms with van der Waals surface area (Å²) in [5.41, 5.74) is 3.25. The van der Waals surface area contributed by atoms with Crippen molar-refractivity contribution in [3.8, 4) is 0 Å². The minimum absolute atomic E-state index is 0.0209. The van der Waals surface area contributed by atoms with Crippen LogP contribution in [0, 0.1) is 13.8 Å². The number of amides is 1. The highest BCUT2D eigenvalue weighted by Gasteiger charge is 2.17. The molecule has 2 aromatic rings. The molecule has 0 radical (unpaired) electrons. The highest BCUT2D eigenvalue weighted by molar-refractivity contribution is 5.96. The van der Waals surface area contributed by atoms with Crippen molar-refractivity contribution >= 4 is 5.91 Å². The van der Waals surface area contributed by atoms with Crippen LogP contribution in [0.3, 0.4) is 0 Å². The van der Waals surface area contributed by atoms with Gasteiger partial charge in [-0.15, -0.1) is 0 Å². The van der Waals surface area contributed by atoms with Gasteiger partial charge in [-0.2, -0.15) is 5.10 Å². The van der Waals surface area contributed by atoms with E-state index in [-0.39, 0.29) is 11.9 Å². The van der Waals surface area contributed by atoms with Crippen molar-refractivity contribution in [1.82, 2.24) is 15.5 Å². The van der Waals surface area contributed by atoms with Gasteiger partial charge in [0.1, 0.15) is 0 Å². The number of carbonyl (C=O) groups excluding carboxylic acids is 1. The largest absolute Gasteiger partial charge is 0.345 e. The Morgan fingerprint density at radius 1 is 1.28 bits per heavy atom. The minimum atomic E-state index is -0.0879. The van der Waals surface area contributed by atoms with Crippen LogP contribution in [0.15, 0.2) is 30.3 Å². The van der Waals surface area contributed by atoms with Crippen LogP contribution < -0.4 is 5.32 Å². The lowest BCUT2D eigenvalue weighted by atomic mass is 10.1. The maximum Gasteiger partial charge on any atom is 0.255 e. The number of hydrogen-bond acceptors (Lipinski definition) is 2. The maximum absolute atomic E-state index is 12.2. The molecule has 4 nitrogen and oxygen atoms in total. The first-order chi connectivity index (χ1) is 8.59. The van der Waals surface area contributed by atoms with Crippen LogP contribution in [-0.4, -0.2) is 16.1 Å². The molecule has 4 heteroatoms. The lowest BCUT2D eigenvalue weighted by Crippen LogP contribution is -2.27. The molecule has 0 aliphatic rings. The van der Waals surface area contributed by atoms with E-state index in [1.165, 1.54) is 0 Å². The van der Waals surface area contributed by atoms with Crippen LogP contribution >= 0.6 is 0 Å². The molecule has 0 saturated heterocycles. The van der Waals surface area contributed by atoms with Crippen molar-refractivity contribution in [3.63, 3.8) is 0 Å². The summed E-state index contributed by atoms with van der Waals surface area (Å²) >= 11 is 0. The monoisotopic (exact) mass is 243 g/mol. The Balaban J connectivity index is 2.13. The Morgan fingerprint density at radius 3 is 2.50 bits per heavy atom. The zero-order valence-corrected chi connectivity index (χ0v) is 10.8. The second-order valence-electron chi connectivity index (χ2n) is 4.41. The zero-order chi connectivity index (χ0) is 13.1. The SMILES string of the molecule is Cc1n[nH]c(C)c1C(=O)N[C@H](C)c1ccccc1. The van der Waals surface area contributed by atoms with Gasteiger partial charge in [0.05, 0.1) is 17.3 Å². The van der Waals surface area contributed by atoms with Gasteiger partial charge in [-0.05, 0) is 26.3 Å². The molecular formula is C14H17N3O. The number of nitrogens with zero attached hydrogens (tertiary/aromatic N) is 1. The summed E-state index contributed by atoms with van der Waals surface area (Å²) < 4.78 is 0. The fraction of sp³-hybridized carbons (Fsp3) is 0.286. The highest BCUT2D eigenvalue weighted by Crippen LogP contribution is 2.14. The number of nitrogens with one attached hydrogen (secondary N) is 2. The normalized spacial score (nSPS) is 12.2. The third-order valence-corrected chi connectivity index (χ3v) is 3.00. The summed E-state index contributed by atoms with van der Waals surface area (Å²) in [6.45, 7) is 5.64. The summed E-state index contributed by atoms with van der Waals surface area (Å²) in [4.78, 5) is 12.2. The predicted octanol–water partition coefficient (Wildman–Crippen LogP) is 2.52. The van der Waals surface area contributed by atoms with Gasteiger partial charge in [0.2, 0.25) is 0 Å². The van der Waals surface area contributed by atoms with Crippen LogP contribution in [-0.2, 0) is 0 Å². The van der Waals surface area contributed by atoms with Crippen molar-refractivity contribution in [1.29, 1.82) is 0 Å². The Morgan fingerprint density at radius 2 is 1.94 bits per heavy atom. The average Bonchev–Trinajstić information content (AvgIpc) is 2.70. The summed E-state index contributed by atoms with van der Waals surface area (Å²) in [7, 11) is 0. The third kappa shape index (κ3) is 2.42. The van der Waals surface area contributed by atoms with Crippen LogP contribution in [0.4, 0.5) is 0 Å². The number of aryl methyl sites for hydroxylation is 2. The Kier molecular flexibility index (Phi) is 3.46. The van der Waals surface area contributed by atoms with E-state index < -0.39 is 0 Å². The molecule has 1 amide bonds. The Bertz CT molecular complexity index is 526. The first-order valence-electron chi connectivity index (χ1n) is 5.97. The highest BCUT2D eigenvalue weighted by atomic mass is 16.1. The van der Waals surface area contributed by atoms with Crippen LogP contribution in [0.25, 0.3) is 0 Å². The Hall–Kier alpha value is -2.10. The molecular weight excluding hydrogens is 226 g/mol. The number of carbonyl (C=O) groups is 1. The van der Waals surface area contributed by atoms with E-state index in [1.807, 2.05) is 51.1 Å². The van der Waals surface area contributed by atoms with Crippen molar-refractivity contribution in [3.05, 3.63) is 52.8 Å². The molecule has 1 heterocycles. The van der Waals surface area contributed by atoms with Crippen molar-refractivity contribution in [2.75, 3.05) is 0 Å². The van der Waals surface area contributed by atoms with E-state index in [1.54, 1.807) is 0 Å². The third-order valence-electron chi connectivity index (χ3n) is 3.00. The van der Waals surface area contributed by atoms with Gasteiger partial charge < -0.3 is 5.32 Å². The topological polar surface area (TPSA) is 57.8 Å². The number of benzene rings is 1. The predicted molar refractivity (Wildman–Crippen MR) is 70.4 cm³/mol. The fourth-order valence-electron chi connectivity index (χ4n) is 1.98. The number of rotatable bonds is 3. The van der Waals surface area contributed by atoms with E-state index in [9.17, 15) is 4.79 Å². The summed E-state index contributed by atoms with van der Waals surface area (Å²) in [6, 6.07) is 9.87. The van der Waals surface area contributed by atoms with Gasteiger partial charge in [-0.25, -0.2) is 0 Å². The fourth-order valence-corrected chi connectivity index (χ4v) is 1.98. The molecule has 0 aliphatic heterocycles. The lowest BCUT2D eigenvalue weighted by molar-refractivity contribution is 0.0938. The lowest BCUT2D eigenvalue weighted by Gasteiger charge is -2.14. The van der Waals surface area contributed by atoms with E-state index in [4.69, 9.17) is 0 Å². The van der Waals surface area contributed by atoms with Crippen molar-refractivity contribution in [2.24, 2.45) is 0 Å². The smallest absolute Gasteiger partial charge is 0.255 e. The molecule has 1 aromatic carbocycles. The maximum atomic E-state index is 12.2. The molecule has 2 rings (SSSR count). The zero-order valence-electron chi connectivity index (χ0n) is 10.8. The summed E-state index contributed by atoms with van der Waals surface area (Å²) in [5.74, 6) is -0.0879. The van der Waals surface area contributed by atoms with E-state index in [2.05, 4.69) is 15.5 Å². The second kappa shape index (κ2) is 5.04. The molecule has 94 valence electrons. The second-order valence-corrected chi connectivity index (χ2v) is 4.41. The van der Waals surface area contributed by atoms with Gasteiger partial charge >= 0.3 is 0 Å². The van der Waals surface area contributed by atoms with Crippen molar-refractivity contribution in [2.45, 2.75) is 26.8 Å². The number of hydrogen-bond donors (Lipinski definition) is 2. The van der Waals surface area contributed by atoms with E-state index >= 15 is 0 Å². The first-order valence-corrected chi connectivity index (χ1v) is 5.97. The van der Waals surface area contributed by atoms with E-state index in [0.717, 1.165) is 17.0 Å². The molecule has 0 bridgehead atoms. The molecule has 1 atom stereocenters. The first kappa shape index (κ1) is 12.4. The molecule has 0 aliphatic carbocycles. The molecule has 0 spiro atoms. The number of aromatic amines is 1. The molecule has 1 aromatic heterocycles. The van der Waals surface area contributed by atoms with Crippen LogP contribution in [0.5, 0.6) is 0 Å². The van der Waals surface area contributed by atoms with Gasteiger partial charge in [-0.1, -0.05) is 30.3 Å². The van der Waals surface area contributed by atoms with E-state index in [0.29, 0.717) is 5.56 Å². The minimum Gasteiger partial charge on any atom is -0.345 e. The van der Waals surface area contributed by atoms with Gasteiger partial charge in [0.15, 0.2) is 0 Å². The Labute approximate surface area is 106 Å². The molecule has 0 unspecified atom stereocenters. The number of H-pyrrole nitrogens is 1. The molecule has 18 heavy (non-hydrogen) atoms. The summed E-state index contributed by atoms with van der Waals surface area (Å²) in [6.07, 6.45) is 0. The molecule has 0 fully saturated rings. The number of aromatic nitrogens is 2. The summed E-state index contributed by atoms with van der Waals surface area (Å²) in [5, 5.41) is 9.83. The molecule has 2 N–H and O–H groups in total. The van der Waals surface area contributed by atoms with Crippen LogP contribution in [0.1, 0.15) is 40.3 Å². The molecule has 0 saturated carbocycles. The van der Waals surface area contributed by atoms with Crippen molar-refractivity contribution < 1.29 is 4.79 Å². The van der Waals surface area contributed by atoms with Gasteiger partial charge in [0, 0.05) is 5.69 Å². The van der Waals surface area contributed by atoms with Gasteiger partial charge in [-0.3, -0.25) is 9.89 Å². The standard InChI is InChI=1S/C14H17N3O/c1-9(12-7-5-4-6-8-12)15-14(18)13-10(2)16-17-11(13)3/h4-9H,1-3H3,(H,15,18)(H,16,17)/t9-/m1/s1. The van der Waals surface area contributed by atoms with Crippen LogP contribution in [0.2, 0.25) is 0 Å².